The zero-order valence-electron chi connectivity index (χ0n) is 19.0. The third kappa shape index (κ3) is 4.94. The van der Waals surface area contributed by atoms with Crippen molar-refractivity contribution >= 4 is 49.2 Å². The van der Waals surface area contributed by atoms with Crippen molar-refractivity contribution in [1.29, 1.82) is 0 Å². The van der Waals surface area contributed by atoms with Gasteiger partial charge in [-0.15, -0.1) is 0 Å². The summed E-state index contributed by atoms with van der Waals surface area (Å²) >= 11 is 1.32. The van der Waals surface area contributed by atoms with Crippen LogP contribution in [0.5, 0.6) is 5.88 Å². The molecule has 4 aromatic heterocycles. The number of carbonyl (C=O) groups excluding carboxylic acids is 1. The maximum atomic E-state index is 12.5. The summed E-state index contributed by atoms with van der Waals surface area (Å²) in [7, 11) is 0. The lowest BCUT2D eigenvalue weighted by Crippen LogP contribution is -2.08. The number of thiazole rings is 1. The van der Waals surface area contributed by atoms with E-state index in [1.165, 1.54) is 23.6 Å². The van der Waals surface area contributed by atoms with Gasteiger partial charge in [0.1, 0.15) is 10.5 Å². The van der Waals surface area contributed by atoms with Crippen molar-refractivity contribution in [1.82, 2.24) is 25.1 Å². The van der Waals surface area contributed by atoms with Crippen molar-refractivity contribution in [3.8, 4) is 17.3 Å². The molecule has 0 atom stereocenters. The number of hydrogen-bond donors (Lipinski definition) is 2. The average molecular weight is 488 g/mol. The van der Waals surface area contributed by atoms with E-state index in [0.29, 0.717) is 35.2 Å². The number of nitrogens with zero attached hydrogens (tertiary/aromatic N) is 5. The van der Waals surface area contributed by atoms with E-state index in [0.717, 1.165) is 33.0 Å². The van der Waals surface area contributed by atoms with Gasteiger partial charge < -0.3 is 14.6 Å². The zero-order valence-corrected chi connectivity index (χ0v) is 19.8. The van der Waals surface area contributed by atoms with Crippen molar-refractivity contribution < 1.29 is 14.1 Å². The van der Waals surface area contributed by atoms with E-state index >= 15 is 0 Å². The number of nitrogens with one attached hydrogen (secondary N) is 2. The number of hydrogen-bond acceptors (Lipinski definition) is 10. The van der Waals surface area contributed by atoms with Gasteiger partial charge in [-0.1, -0.05) is 35.5 Å². The number of rotatable bonds is 8. The second-order valence-corrected chi connectivity index (χ2v) is 8.53. The third-order valence-corrected chi connectivity index (χ3v) is 5.93. The largest absolute Gasteiger partial charge is 0.477 e. The van der Waals surface area contributed by atoms with Crippen molar-refractivity contribution in [2.75, 3.05) is 17.2 Å². The van der Waals surface area contributed by atoms with Crippen molar-refractivity contribution in [3.63, 3.8) is 0 Å². The number of amides is 1. The highest BCUT2D eigenvalue weighted by molar-refractivity contribution is 7.22. The quantitative estimate of drug-likeness (QED) is 0.292. The van der Waals surface area contributed by atoms with Crippen LogP contribution in [0.25, 0.3) is 32.4 Å². The standard InChI is InChI=1S/C24H21N7O3S/c1-3-12-33-23-20-18(7-10-27-23)29-24(35-20)30-19(32)8-11-26-22-17-13-16(21-28-14(2)34-31-21)5-4-15(17)6-9-25-22/h4-11,13H,3,12H2,1-2H3,(H,25,26)(H,29,30,32). The summed E-state index contributed by atoms with van der Waals surface area (Å²) in [6.45, 7) is 4.34. The lowest BCUT2D eigenvalue weighted by molar-refractivity contribution is -0.111. The van der Waals surface area contributed by atoms with E-state index in [1.807, 2.05) is 31.2 Å². The van der Waals surface area contributed by atoms with Crippen LogP contribution in [0.4, 0.5) is 10.9 Å². The van der Waals surface area contributed by atoms with Gasteiger partial charge in [0.15, 0.2) is 5.13 Å². The first-order valence-corrected chi connectivity index (χ1v) is 11.7. The van der Waals surface area contributed by atoms with E-state index in [2.05, 4.69) is 35.7 Å². The second kappa shape index (κ2) is 9.85. The van der Waals surface area contributed by atoms with E-state index in [1.54, 1.807) is 25.4 Å². The first-order valence-electron chi connectivity index (χ1n) is 10.9. The molecule has 11 heteroatoms. The molecule has 0 fully saturated rings. The minimum atomic E-state index is -0.330. The zero-order chi connectivity index (χ0) is 24.2. The van der Waals surface area contributed by atoms with Gasteiger partial charge in [0.25, 0.3) is 5.91 Å². The molecule has 0 aliphatic carbocycles. The number of fused-ring (bicyclic) bond motifs is 2. The van der Waals surface area contributed by atoms with E-state index < -0.39 is 0 Å². The number of aryl methyl sites for hydroxylation is 1. The molecule has 0 bridgehead atoms. The summed E-state index contributed by atoms with van der Waals surface area (Å²) in [6, 6.07) is 9.50. The van der Waals surface area contributed by atoms with Crippen LogP contribution >= 0.6 is 11.3 Å². The first-order chi connectivity index (χ1) is 17.1. The molecule has 5 aromatic rings. The van der Waals surface area contributed by atoms with Gasteiger partial charge >= 0.3 is 0 Å². The number of anilines is 2. The Labute approximate surface area is 204 Å². The van der Waals surface area contributed by atoms with Crippen LogP contribution in [0.15, 0.2) is 59.5 Å². The fourth-order valence-electron chi connectivity index (χ4n) is 3.37. The van der Waals surface area contributed by atoms with Gasteiger partial charge in [0.2, 0.25) is 17.6 Å². The van der Waals surface area contributed by atoms with Crippen LogP contribution in [0.3, 0.4) is 0 Å². The minimum absolute atomic E-state index is 0.330. The molecule has 35 heavy (non-hydrogen) atoms. The Morgan fingerprint density at radius 3 is 2.89 bits per heavy atom. The lowest BCUT2D eigenvalue weighted by Gasteiger charge is -2.06. The SMILES string of the molecule is CCCOc1nccc2nc(NC(=O)C=CNc3nccc4ccc(-c5noc(C)n5)cc34)sc12. The second-order valence-electron chi connectivity index (χ2n) is 7.53. The van der Waals surface area contributed by atoms with E-state index in [4.69, 9.17) is 9.26 Å². The van der Waals surface area contributed by atoms with E-state index in [-0.39, 0.29) is 5.91 Å². The lowest BCUT2D eigenvalue weighted by atomic mass is 10.1. The Morgan fingerprint density at radius 2 is 2.06 bits per heavy atom. The molecule has 10 nitrogen and oxygen atoms in total. The van der Waals surface area contributed by atoms with Gasteiger partial charge in [-0.05, 0) is 30.0 Å². The van der Waals surface area contributed by atoms with Crippen LogP contribution in [-0.2, 0) is 4.79 Å². The number of benzene rings is 1. The predicted octanol–water partition coefficient (Wildman–Crippen LogP) is 4.95. The summed E-state index contributed by atoms with van der Waals surface area (Å²) in [5.41, 5.74) is 1.53. The smallest absolute Gasteiger partial charge is 0.251 e. The predicted molar refractivity (Wildman–Crippen MR) is 134 cm³/mol. The highest BCUT2D eigenvalue weighted by Gasteiger charge is 2.12. The number of aromatic nitrogens is 5. The number of carbonyl (C=O) groups is 1. The molecule has 0 unspecified atom stereocenters. The maximum Gasteiger partial charge on any atom is 0.251 e. The highest BCUT2D eigenvalue weighted by Crippen LogP contribution is 2.32. The molecule has 5 rings (SSSR count). The Balaban J connectivity index is 1.30. The van der Waals surface area contributed by atoms with E-state index in [9.17, 15) is 4.79 Å². The molecular weight excluding hydrogens is 466 g/mol. The van der Waals surface area contributed by atoms with Crippen LogP contribution in [0.1, 0.15) is 19.2 Å². The van der Waals surface area contributed by atoms with Gasteiger partial charge in [-0.2, -0.15) is 4.98 Å². The van der Waals surface area contributed by atoms with Gasteiger partial charge in [0.05, 0.1) is 12.1 Å². The minimum Gasteiger partial charge on any atom is -0.477 e. The maximum absolute atomic E-state index is 12.5. The molecule has 4 heterocycles. The summed E-state index contributed by atoms with van der Waals surface area (Å²) in [6.07, 6.45) is 7.13. The van der Waals surface area contributed by atoms with Crippen LogP contribution in [0, 0.1) is 6.92 Å². The van der Waals surface area contributed by atoms with Gasteiger partial charge in [-0.3, -0.25) is 10.1 Å². The Kier molecular flexibility index (Phi) is 6.31. The Bertz CT molecular complexity index is 1540. The molecule has 1 amide bonds. The molecule has 2 N–H and O–H groups in total. The number of ether oxygens (including phenoxy) is 1. The van der Waals surface area contributed by atoms with Crippen LogP contribution in [0.2, 0.25) is 0 Å². The normalized spacial score (nSPS) is 11.4. The molecule has 0 aliphatic heterocycles. The monoisotopic (exact) mass is 487 g/mol. The highest BCUT2D eigenvalue weighted by atomic mass is 32.1. The average Bonchev–Trinajstić information content (AvgIpc) is 3.48. The third-order valence-electron chi connectivity index (χ3n) is 4.95. The molecular formula is C24H21N7O3S. The van der Waals surface area contributed by atoms with Crippen molar-refractivity contribution in [2.45, 2.75) is 20.3 Å². The number of pyridine rings is 2. The molecule has 0 saturated carbocycles. The van der Waals surface area contributed by atoms with Crippen LogP contribution in [-0.4, -0.2) is 37.6 Å². The first kappa shape index (κ1) is 22.4. The molecule has 0 radical (unpaired) electrons. The summed E-state index contributed by atoms with van der Waals surface area (Å²) in [5.74, 6) is 1.79. The molecule has 0 spiro atoms. The summed E-state index contributed by atoms with van der Waals surface area (Å²) < 4.78 is 11.6. The molecule has 0 aliphatic rings. The van der Waals surface area contributed by atoms with Crippen molar-refractivity contribution in [2.24, 2.45) is 0 Å². The fraction of sp³-hybridized carbons (Fsp3) is 0.167. The van der Waals surface area contributed by atoms with Gasteiger partial charge in [-0.25, -0.2) is 15.0 Å². The fourth-order valence-corrected chi connectivity index (χ4v) is 4.28. The molecule has 176 valence electrons. The Hall–Kier alpha value is -4.38. The summed E-state index contributed by atoms with van der Waals surface area (Å²) in [4.78, 5) is 29.9. The van der Waals surface area contributed by atoms with Crippen molar-refractivity contribution in [3.05, 3.63) is 60.9 Å². The molecule has 1 aromatic carbocycles. The summed E-state index contributed by atoms with van der Waals surface area (Å²) in [5, 5.41) is 12.1. The molecule has 0 saturated heterocycles. The Morgan fingerprint density at radius 1 is 1.17 bits per heavy atom. The topological polar surface area (TPSA) is 128 Å². The van der Waals surface area contributed by atoms with Crippen LogP contribution < -0.4 is 15.4 Å². The van der Waals surface area contributed by atoms with Gasteiger partial charge in [0, 0.05) is 42.5 Å².